The van der Waals surface area contributed by atoms with Crippen molar-refractivity contribution in [2.24, 2.45) is 0 Å². The van der Waals surface area contributed by atoms with Crippen molar-refractivity contribution in [3.63, 3.8) is 0 Å². The highest BCUT2D eigenvalue weighted by Gasteiger charge is 2.14. The molecule has 0 heterocycles. The Morgan fingerprint density at radius 1 is 0.636 bits per heavy atom. The quantitative estimate of drug-likeness (QED) is 0.0779. The molecule has 10 heteroatoms. The SMILES string of the molecule is C=CC(=O)OCCCCOc1ccc(C(=O)Oc2ccc(OC(=O)c3ccc(OCCCCOC(C)=O)cc3)cc2C)cc1. The minimum Gasteiger partial charge on any atom is -0.494 e. The maximum Gasteiger partial charge on any atom is 0.343 e. The van der Waals surface area contributed by atoms with Crippen molar-refractivity contribution in [1.82, 2.24) is 0 Å². The molecule has 0 aliphatic carbocycles. The van der Waals surface area contributed by atoms with Crippen LogP contribution in [0.1, 0.15) is 58.9 Å². The molecule has 0 radical (unpaired) electrons. The maximum atomic E-state index is 12.7. The van der Waals surface area contributed by atoms with E-state index in [1.54, 1.807) is 73.7 Å². The Hall–Kier alpha value is -5.12. The van der Waals surface area contributed by atoms with Crippen LogP contribution in [0, 0.1) is 6.92 Å². The van der Waals surface area contributed by atoms with Gasteiger partial charge in [-0.1, -0.05) is 6.58 Å². The predicted octanol–water partition coefficient (Wildman–Crippen LogP) is 6.04. The zero-order chi connectivity index (χ0) is 31.7. The third kappa shape index (κ3) is 11.6. The van der Waals surface area contributed by atoms with Crippen LogP contribution in [0.3, 0.4) is 0 Å². The monoisotopic (exact) mass is 604 g/mol. The van der Waals surface area contributed by atoms with Crippen molar-refractivity contribution in [2.75, 3.05) is 26.4 Å². The van der Waals surface area contributed by atoms with Gasteiger partial charge in [0.15, 0.2) is 0 Å². The van der Waals surface area contributed by atoms with E-state index in [0.29, 0.717) is 85.4 Å². The van der Waals surface area contributed by atoms with Gasteiger partial charge in [-0.15, -0.1) is 0 Å². The van der Waals surface area contributed by atoms with Crippen molar-refractivity contribution in [3.05, 3.63) is 96.1 Å². The zero-order valence-electron chi connectivity index (χ0n) is 24.9. The molecule has 0 unspecified atom stereocenters. The van der Waals surface area contributed by atoms with Gasteiger partial charge in [0.2, 0.25) is 0 Å². The molecule has 0 amide bonds. The average Bonchev–Trinajstić information content (AvgIpc) is 3.02. The van der Waals surface area contributed by atoms with Crippen LogP contribution in [0.25, 0.3) is 0 Å². The average molecular weight is 605 g/mol. The van der Waals surface area contributed by atoms with E-state index in [1.807, 2.05) is 0 Å². The fraction of sp³-hybridized carbons (Fsp3) is 0.294. The lowest BCUT2D eigenvalue weighted by molar-refractivity contribution is -0.141. The van der Waals surface area contributed by atoms with Crippen molar-refractivity contribution in [3.8, 4) is 23.0 Å². The molecule has 0 saturated carbocycles. The molecule has 0 saturated heterocycles. The Labute approximate surface area is 256 Å². The smallest absolute Gasteiger partial charge is 0.343 e. The molecule has 0 spiro atoms. The third-order valence-electron chi connectivity index (χ3n) is 6.07. The second-order valence-electron chi connectivity index (χ2n) is 9.58. The molecule has 0 bridgehead atoms. The standard InChI is InChI=1S/C34H36O10/c1-4-32(36)42-22-8-7-21-41-29-15-11-27(12-16-29)34(38)44-31-18-17-30(23-24(31)2)43-33(37)26-9-13-28(14-10-26)40-20-6-5-19-39-25(3)35/h4,9-18,23H,1,5-8,19-22H2,2-3H3. The molecule has 0 N–H and O–H groups in total. The van der Waals surface area contributed by atoms with Crippen LogP contribution in [0.4, 0.5) is 0 Å². The molecule has 0 aliphatic heterocycles. The Morgan fingerprint density at radius 2 is 1.11 bits per heavy atom. The zero-order valence-corrected chi connectivity index (χ0v) is 24.9. The molecule has 0 atom stereocenters. The van der Waals surface area contributed by atoms with E-state index < -0.39 is 17.9 Å². The van der Waals surface area contributed by atoms with Crippen molar-refractivity contribution < 1.29 is 47.6 Å². The van der Waals surface area contributed by atoms with Gasteiger partial charge in [-0.25, -0.2) is 14.4 Å². The van der Waals surface area contributed by atoms with Gasteiger partial charge in [0.05, 0.1) is 37.6 Å². The van der Waals surface area contributed by atoms with Crippen LogP contribution < -0.4 is 18.9 Å². The van der Waals surface area contributed by atoms with Gasteiger partial charge in [0.1, 0.15) is 23.0 Å². The van der Waals surface area contributed by atoms with Crippen LogP contribution in [0.2, 0.25) is 0 Å². The summed E-state index contributed by atoms with van der Waals surface area (Å²) in [5.41, 5.74) is 1.31. The van der Waals surface area contributed by atoms with Crippen LogP contribution in [-0.4, -0.2) is 50.3 Å². The highest BCUT2D eigenvalue weighted by Crippen LogP contribution is 2.26. The summed E-state index contributed by atoms with van der Waals surface area (Å²) in [5, 5.41) is 0. The number of carbonyl (C=O) groups is 4. The summed E-state index contributed by atoms with van der Waals surface area (Å²) in [7, 11) is 0. The lowest BCUT2D eigenvalue weighted by atomic mass is 10.2. The fourth-order valence-electron chi connectivity index (χ4n) is 3.74. The van der Waals surface area contributed by atoms with E-state index in [1.165, 1.54) is 6.92 Å². The van der Waals surface area contributed by atoms with Crippen LogP contribution in [-0.2, 0) is 19.1 Å². The first-order valence-electron chi connectivity index (χ1n) is 14.2. The first-order chi connectivity index (χ1) is 21.2. The number of hydrogen-bond acceptors (Lipinski definition) is 10. The van der Waals surface area contributed by atoms with E-state index >= 15 is 0 Å². The second kappa shape index (κ2) is 17.7. The summed E-state index contributed by atoms with van der Waals surface area (Å²) in [5.74, 6) is 0.0174. The first kappa shape index (κ1) is 33.4. The molecular weight excluding hydrogens is 568 g/mol. The molecule has 3 aromatic rings. The third-order valence-corrected chi connectivity index (χ3v) is 6.07. The number of ether oxygens (including phenoxy) is 6. The molecule has 44 heavy (non-hydrogen) atoms. The molecule has 0 aliphatic rings. The maximum absolute atomic E-state index is 12.7. The molecule has 0 fully saturated rings. The number of unbranched alkanes of at least 4 members (excludes halogenated alkanes) is 2. The number of carbonyl (C=O) groups excluding carboxylic acids is 4. The largest absolute Gasteiger partial charge is 0.494 e. The fourth-order valence-corrected chi connectivity index (χ4v) is 3.74. The Balaban J connectivity index is 1.42. The van der Waals surface area contributed by atoms with E-state index in [0.717, 1.165) is 12.5 Å². The molecule has 232 valence electrons. The summed E-state index contributed by atoms with van der Waals surface area (Å²) in [6.45, 7) is 8.01. The van der Waals surface area contributed by atoms with Crippen molar-refractivity contribution in [1.29, 1.82) is 0 Å². The summed E-state index contributed by atoms with van der Waals surface area (Å²) in [6, 6.07) is 17.9. The number of benzene rings is 3. The van der Waals surface area contributed by atoms with Crippen LogP contribution in [0.5, 0.6) is 23.0 Å². The van der Waals surface area contributed by atoms with Crippen molar-refractivity contribution >= 4 is 23.9 Å². The Kier molecular flexibility index (Phi) is 13.5. The number of esters is 4. The number of aryl methyl sites for hydroxylation is 1. The highest BCUT2D eigenvalue weighted by atomic mass is 16.5. The number of rotatable bonds is 17. The second-order valence-corrected chi connectivity index (χ2v) is 9.58. The first-order valence-corrected chi connectivity index (χ1v) is 14.2. The number of hydrogen-bond donors (Lipinski definition) is 0. The minimum atomic E-state index is -0.542. The predicted molar refractivity (Wildman–Crippen MR) is 161 cm³/mol. The van der Waals surface area contributed by atoms with Gasteiger partial charge in [-0.3, -0.25) is 4.79 Å². The Bertz CT molecular complexity index is 1410. The summed E-state index contributed by atoms with van der Waals surface area (Å²) >= 11 is 0. The molecule has 10 nitrogen and oxygen atoms in total. The normalized spacial score (nSPS) is 10.3. The van der Waals surface area contributed by atoms with E-state index in [-0.39, 0.29) is 5.97 Å². The van der Waals surface area contributed by atoms with Gasteiger partial charge >= 0.3 is 23.9 Å². The lowest BCUT2D eigenvalue weighted by Gasteiger charge is -2.11. The molecule has 3 aromatic carbocycles. The van der Waals surface area contributed by atoms with E-state index in [9.17, 15) is 19.2 Å². The Morgan fingerprint density at radius 3 is 1.61 bits per heavy atom. The summed E-state index contributed by atoms with van der Waals surface area (Å²) in [6.07, 6.45) is 3.90. The molecule has 3 rings (SSSR count). The van der Waals surface area contributed by atoms with E-state index in [2.05, 4.69) is 6.58 Å². The van der Waals surface area contributed by atoms with Gasteiger partial charge in [0, 0.05) is 13.0 Å². The van der Waals surface area contributed by atoms with Gasteiger partial charge in [-0.05, 0) is 105 Å². The van der Waals surface area contributed by atoms with Crippen molar-refractivity contribution in [2.45, 2.75) is 39.5 Å². The lowest BCUT2D eigenvalue weighted by Crippen LogP contribution is -2.11. The minimum absolute atomic E-state index is 0.301. The van der Waals surface area contributed by atoms with Crippen LogP contribution in [0.15, 0.2) is 79.4 Å². The van der Waals surface area contributed by atoms with Gasteiger partial charge in [0.25, 0.3) is 0 Å². The molecule has 0 aromatic heterocycles. The van der Waals surface area contributed by atoms with Crippen LogP contribution >= 0.6 is 0 Å². The molecular formula is C34H36O10. The summed E-state index contributed by atoms with van der Waals surface area (Å²) in [4.78, 5) is 47.1. The highest BCUT2D eigenvalue weighted by molar-refractivity contribution is 5.92. The topological polar surface area (TPSA) is 124 Å². The summed E-state index contributed by atoms with van der Waals surface area (Å²) < 4.78 is 32.1. The van der Waals surface area contributed by atoms with E-state index in [4.69, 9.17) is 28.4 Å². The van der Waals surface area contributed by atoms with Gasteiger partial charge < -0.3 is 28.4 Å². The van der Waals surface area contributed by atoms with Gasteiger partial charge in [-0.2, -0.15) is 0 Å².